The second kappa shape index (κ2) is 11.3. The molecular formula is C27H26N4O2S. The number of hydrogen-bond acceptors (Lipinski definition) is 4. The zero-order chi connectivity index (χ0) is 23.8. The maximum Gasteiger partial charge on any atom is 0.234 e. The molecule has 4 aromatic rings. The van der Waals surface area contributed by atoms with E-state index < -0.39 is 0 Å². The summed E-state index contributed by atoms with van der Waals surface area (Å²) in [5.41, 5.74) is 5.53. The average molecular weight is 471 g/mol. The summed E-state index contributed by atoms with van der Waals surface area (Å²) in [7, 11) is 0. The number of aryl methyl sites for hydroxylation is 1. The summed E-state index contributed by atoms with van der Waals surface area (Å²) in [6.45, 7) is 2.33. The number of thioether (sulfide) groups is 1. The first-order valence-corrected chi connectivity index (χ1v) is 12.1. The third-order valence-corrected chi connectivity index (χ3v) is 6.03. The lowest BCUT2D eigenvalue weighted by Gasteiger charge is -2.07. The second-order valence-corrected chi connectivity index (χ2v) is 8.82. The fourth-order valence-corrected chi connectivity index (χ4v) is 4.14. The SMILES string of the molecule is Cc1cccc(NC(=O)CSCC(=O)NCc2cn(-c3ccccc3)nc2-c2ccccc2)c1. The van der Waals surface area contributed by atoms with Crippen LogP contribution in [-0.2, 0) is 16.1 Å². The Balaban J connectivity index is 1.34. The van der Waals surface area contributed by atoms with E-state index >= 15 is 0 Å². The number of hydrogen-bond donors (Lipinski definition) is 2. The fourth-order valence-electron chi connectivity index (χ4n) is 3.49. The highest BCUT2D eigenvalue weighted by molar-refractivity contribution is 8.00. The molecule has 7 heteroatoms. The molecule has 3 aromatic carbocycles. The number of carbonyl (C=O) groups excluding carboxylic acids is 2. The number of nitrogens with zero attached hydrogens (tertiary/aromatic N) is 2. The maximum absolute atomic E-state index is 12.4. The summed E-state index contributed by atoms with van der Waals surface area (Å²) in [6, 6.07) is 27.4. The first-order chi connectivity index (χ1) is 16.6. The fraction of sp³-hybridized carbons (Fsp3) is 0.148. The van der Waals surface area contributed by atoms with Crippen molar-refractivity contribution in [3.8, 4) is 16.9 Å². The van der Waals surface area contributed by atoms with E-state index in [-0.39, 0.29) is 23.3 Å². The van der Waals surface area contributed by atoms with Gasteiger partial charge in [-0.05, 0) is 36.8 Å². The number of anilines is 1. The number of amides is 2. The monoisotopic (exact) mass is 470 g/mol. The van der Waals surface area contributed by atoms with Crippen LogP contribution in [0.3, 0.4) is 0 Å². The van der Waals surface area contributed by atoms with E-state index in [1.165, 1.54) is 11.8 Å². The van der Waals surface area contributed by atoms with Crippen molar-refractivity contribution >= 4 is 29.3 Å². The molecule has 0 radical (unpaired) electrons. The summed E-state index contributed by atoms with van der Waals surface area (Å²) in [4.78, 5) is 24.6. The third-order valence-electron chi connectivity index (χ3n) is 5.10. The van der Waals surface area contributed by atoms with Gasteiger partial charge in [0.15, 0.2) is 0 Å². The van der Waals surface area contributed by atoms with Gasteiger partial charge in [0.25, 0.3) is 0 Å². The van der Waals surface area contributed by atoms with Crippen molar-refractivity contribution in [3.05, 3.63) is 102 Å². The molecule has 0 spiro atoms. The zero-order valence-electron chi connectivity index (χ0n) is 18.9. The van der Waals surface area contributed by atoms with Crippen LogP contribution in [0.2, 0.25) is 0 Å². The molecule has 0 aliphatic heterocycles. The Bertz CT molecular complexity index is 1260. The Kier molecular flexibility index (Phi) is 7.78. The van der Waals surface area contributed by atoms with Crippen molar-refractivity contribution in [1.29, 1.82) is 0 Å². The number of nitrogens with one attached hydrogen (secondary N) is 2. The van der Waals surface area contributed by atoms with Gasteiger partial charge in [0.1, 0.15) is 0 Å². The lowest BCUT2D eigenvalue weighted by molar-refractivity contribution is -0.118. The van der Waals surface area contributed by atoms with Crippen LogP contribution in [0.1, 0.15) is 11.1 Å². The summed E-state index contributed by atoms with van der Waals surface area (Å²) < 4.78 is 1.83. The van der Waals surface area contributed by atoms with Crippen LogP contribution in [0.4, 0.5) is 5.69 Å². The van der Waals surface area contributed by atoms with Gasteiger partial charge in [-0.25, -0.2) is 4.68 Å². The van der Waals surface area contributed by atoms with Gasteiger partial charge in [0.2, 0.25) is 11.8 Å². The van der Waals surface area contributed by atoms with E-state index in [2.05, 4.69) is 10.6 Å². The molecule has 0 bridgehead atoms. The van der Waals surface area contributed by atoms with E-state index in [9.17, 15) is 9.59 Å². The van der Waals surface area contributed by atoms with Crippen LogP contribution in [-0.4, -0.2) is 33.1 Å². The lowest BCUT2D eigenvalue weighted by atomic mass is 10.1. The molecular weight excluding hydrogens is 444 g/mol. The highest BCUT2D eigenvalue weighted by atomic mass is 32.2. The minimum absolute atomic E-state index is 0.125. The lowest BCUT2D eigenvalue weighted by Crippen LogP contribution is -2.25. The van der Waals surface area contributed by atoms with Crippen molar-refractivity contribution in [2.24, 2.45) is 0 Å². The number of para-hydroxylation sites is 1. The molecule has 6 nitrogen and oxygen atoms in total. The molecule has 0 saturated carbocycles. The van der Waals surface area contributed by atoms with Crippen LogP contribution in [0.15, 0.2) is 91.1 Å². The topological polar surface area (TPSA) is 76.0 Å². The standard InChI is InChI=1S/C27H26N4O2S/c1-20-9-8-12-23(15-20)29-26(33)19-34-18-25(32)28-16-22-17-31(24-13-6-3-7-14-24)30-27(22)21-10-4-2-5-11-21/h2-15,17H,16,18-19H2,1H3,(H,28,32)(H,29,33). The Morgan fingerprint density at radius 1 is 0.882 bits per heavy atom. The molecule has 0 fully saturated rings. The van der Waals surface area contributed by atoms with E-state index in [1.807, 2.05) is 103 Å². The summed E-state index contributed by atoms with van der Waals surface area (Å²) in [5.74, 6) is 0.163. The van der Waals surface area contributed by atoms with Gasteiger partial charge in [0, 0.05) is 29.6 Å². The Labute approximate surface area is 203 Å². The number of carbonyl (C=O) groups is 2. The van der Waals surface area contributed by atoms with Crippen molar-refractivity contribution < 1.29 is 9.59 Å². The molecule has 2 amide bonds. The summed E-state index contributed by atoms with van der Waals surface area (Å²) in [6.07, 6.45) is 1.94. The van der Waals surface area contributed by atoms with Crippen molar-refractivity contribution in [1.82, 2.24) is 15.1 Å². The zero-order valence-corrected chi connectivity index (χ0v) is 19.7. The Morgan fingerprint density at radius 3 is 2.32 bits per heavy atom. The van der Waals surface area contributed by atoms with E-state index in [0.717, 1.165) is 33.8 Å². The van der Waals surface area contributed by atoms with Gasteiger partial charge in [-0.3, -0.25) is 9.59 Å². The smallest absolute Gasteiger partial charge is 0.234 e. The third kappa shape index (κ3) is 6.36. The highest BCUT2D eigenvalue weighted by Gasteiger charge is 2.14. The van der Waals surface area contributed by atoms with Crippen molar-refractivity contribution in [2.45, 2.75) is 13.5 Å². The quantitative estimate of drug-likeness (QED) is 0.367. The molecule has 2 N–H and O–H groups in total. The highest BCUT2D eigenvalue weighted by Crippen LogP contribution is 2.23. The van der Waals surface area contributed by atoms with Crippen LogP contribution in [0, 0.1) is 6.92 Å². The van der Waals surface area contributed by atoms with E-state index in [0.29, 0.717) is 6.54 Å². The Hall–Kier alpha value is -3.84. The second-order valence-electron chi connectivity index (χ2n) is 7.84. The predicted octanol–water partition coefficient (Wildman–Crippen LogP) is 4.84. The van der Waals surface area contributed by atoms with E-state index in [4.69, 9.17) is 5.10 Å². The molecule has 4 rings (SSSR count). The van der Waals surface area contributed by atoms with Crippen molar-refractivity contribution in [3.63, 3.8) is 0 Å². The first-order valence-electron chi connectivity index (χ1n) is 11.0. The van der Waals surface area contributed by atoms with Crippen molar-refractivity contribution in [2.75, 3.05) is 16.8 Å². The number of rotatable bonds is 9. The molecule has 0 unspecified atom stereocenters. The Morgan fingerprint density at radius 2 is 1.59 bits per heavy atom. The van der Waals surface area contributed by atoms with Gasteiger partial charge in [-0.1, -0.05) is 60.7 Å². The van der Waals surface area contributed by atoms with Gasteiger partial charge >= 0.3 is 0 Å². The van der Waals surface area contributed by atoms with Gasteiger partial charge in [0.05, 0.1) is 22.9 Å². The predicted molar refractivity (Wildman–Crippen MR) is 138 cm³/mol. The molecule has 1 heterocycles. The summed E-state index contributed by atoms with van der Waals surface area (Å²) >= 11 is 1.29. The molecule has 34 heavy (non-hydrogen) atoms. The van der Waals surface area contributed by atoms with Gasteiger partial charge < -0.3 is 10.6 Å². The largest absolute Gasteiger partial charge is 0.351 e. The van der Waals surface area contributed by atoms with E-state index in [1.54, 1.807) is 0 Å². The molecule has 0 atom stereocenters. The van der Waals surface area contributed by atoms with Crippen LogP contribution in [0.5, 0.6) is 0 Å². The number of aromatic nitrogens is 2. The number of benzene rings is 3. The van der Waals surface area contributed by atoms with Crippen LogP contribution < -0.4 is 10.6 Å². The molecule has 0 saturated heterocycles. The van der Waals surface area contributed by atoms with Crippen LogP contribution in [0.25, 0.3) is 16.9 Å². The first kappa shape index (κ1) is 23.3. The normalized spacial score (nSPS) is 10.6. The van der Waals surface area contributed by atoms with Crippen LogP contribution >= 0.6 is 11.8 Å². The molecule has 0 aliphatic carbocycles. The van der Waals surface area contributed by atoms with Gasteiger partial charge in [-0.2, -0.15) is 5.10 Å². The average Bonchev–Trinajstić information content (AvgIpc) is 3.28. The molecule has 0 aliphatic rings. The minimum Gasteiger partial charge on any atom is -0.351 e. The van der Waals surface area contributed by atoms with Gasteiger partial charge in [-0.15, -0.1) is 11.8 Å². The maximum atomic E-state index is 12.4. The minimum atomic E-state index is -0.126. The molecule has 1 aromatic heterocycles. The summed E-state index contributed by atoms with van der Waals surface area (Å²) in [5, 5.41) is 10.6. The molecule has 172 valence electrons.